The lowest BCUT2D eigenvalue weighted by Gasteiger charge is -2.36. The van der Waals surface area contributed by atoms with E-state index in [2.05, 4.69) is 22.3 Å². The summed E-state index contributed by atoms with van der Waals surface area (Å²) in [7, 11) is 0. The number of rotatable bonds is 3. The van der Waals surface area contributed by atoms with Gasteiger partial charge in [0.2, 0.25) is 0 Å². The number of nitrogens with zero attached hydrogens (tertiary/aromatic N) is 1. The minimum atomic E-state index is 0.722. The molecule has 1 aromatic rings. The molecule has 1 heterocycles. The van der Waals surface area contributed by atoms with E-state index in [1.807, 2.05) is 12.1 Å². The van der Waals surface area contributed by atoms with Crippen LogP contribution < -0.4 is 5.32 Å². The van der Waals surface area contributed by atoms with Gasteiger partial charge in [-0.25, -0.2) is 0 Å². The zero-order valence-electron chi connectivity index (χ0n) is 10.0. The Morgan fingerprint density at radius 3 is 2.88 bits per heavy atom. The number of halogens is 1. The smallest absolute Gasteiger partial charge is 0.0451 e. The van der Waals surface area contributed by atoms with Gasteiger partial charge in [0.1, 0.15) is 0 Å². The lowest BCUT2D eigenvalue weighted by atomic mass is 10.1. The first-order chi connectivity index (χ1) is 8.34. The Morgan fingerprint density at radius 1 is 1.29 bits per heavy atom. The van der Waals surface area contributed by atoms with Gasteiger partial charge in [-0.05, 0) is 30.4 Å². The highest BCUT2D eigenvalue weighted by molar-refractivity contribution is 6.31. The van der Waals surface area contributed by atoms with Crippen molar-refractivity contribution in [1.29, 1.82) is 0 Å². The van der Waals surface area contributed by atoms with E-state index in [1.165, 1.54) is 18.4 Å². The summed E-state index contributed by atoms with van der Waals surface area (Å²) in [6.45, 7) is 4.40. The first-order valence-electron chi connectivity index (χ1n) is 6.53. The zero-order chi connectivity index (χ0) is 11.7. The predicted octanol–water partition coefficient (Wildman–Crippen LogP) is 2.52. The molecule has 2 fully saturated rings. The van der Waals surface area contributed by atoms with Gasteiger partial charge in [0.25, 0.3) is 0 Å². The van der Waals surface area contributed by atoms with E-state index in [0.717, 1.165) is 43.2 Å². The Labute approximate surface area is 108 Å². The standard InChI is InChI=1S/C14H19ClN2/c15-13-4-2-1-3-12(13)10-17-8-7-16-9-14(17)11-5-6-11/h1-4,11,14,16H,5-10H2. The summed E-state index contributed by atoms with van der Waals surface area (Å²) in [6.07, 6.45) is 2.82. The summed E-state index contributed by atoms with van der Waals surface area (Å²) in [6, 6.07) is 8.94. The van der Waals surface area contributed by atoms with E-state index in [9.17, 15) is 0 Å². The molecule has 1 aliphatic heterocycles. The molecule has 0 amide bonds. The van der Waals surface area contributed by atoms with Crippen LogP contribution in [0.3, 0.4) is 0 Å². The molecule has 92 valence electrons. The molecule has 1 aromatic carbocycles. The van der Waals surface area contributed by atoms with Gasteiger partial charge in [0.15, 0.2) is 0 Å². The van der Waals surface area contributed by atoms with Crippen LogP contribution in [0, 0.1) is 5.92 Å². The van der Waals surface area contributed by atoms with Crippen molar-refractivity contribution in [2.75, 3.05) is 19.6 Å². The molecule has 17 heavy (non-hydrogen) atoms. The first kappa shape index (κ1) is 11.5. The summed E-state index contributed by atoms with van der Waals surface area (Å²) in [5.74, 6) is 0.922. The summed E-state index contributed by atoms with van der Waals surface area (Å²) >= 11 is 6.24. The third-order valence-corrected chi connectivity index (χ3v) is 4.26. The lowest BCUT2D eigenvalue weighted by molar-refractivity contribution is 0.136. The van der Waals surface area contributed by atoms with Crippen LogP contribution in [0.1, 0.15) is 18.4 Å². The normalized spacial score (nSPS) is 26.1. The van der Waals surface area contributed by atoms with Gasteiger partial charge in [-0.1, -0.05) is 29.8 Å². The molecule has 1 atom stereocenters. The molecule has 0 spiro atoms. The molecule has 0 bridgehead atoms. The number of hydrogen-bond acceptors (Lipinski definition) is 2. The van der Waals surface area contributed by atoms with Crippen molar-refractivity contribution >= 4 is 11.6 Å². The molecule has 1 unspecified atom stereocenters. The second-order valence-electron chi connectivity index (χ2n) is 5.17. The molecular weight excluding hydrogens is 232 g/mol. The molecule has 1 saturated carbocycles. The lowest BCUT2D eigenvalue weighted by Crippen LogP contribution is -2.51. The van der Waals surface area contributed by atoms with Crippen molar-refractivity contribution < 1.29 is 0 Å². The summed E-state index contributed by atoms with van der Waals surface area (Å²) in [5.41, 5.74) is 1.27. The second-order valence-corrected chi connectivity index (χ2v) is 5.58. The van der Waals surface area contributed by atoms with Crippen molar-refractivity contribution in [3.63, 3.8) is 0 Å². The minimum absolute atomic E-state index is 0.722. The van der Waals surface area contributed by atoms with E-state index >= 15 is 0 Å². The molecule has 3 rings (SSSR count). The van der Waals surface area contributed by atoms with Crippen LogP contribution in [0.5, 0.6) is 0 Å². The van der Waals surface area contributed by atoms with Gasteiger partial charge in [0, 0.05) is 37.2 Å². The van der Waals surface area contributed by atoms with Crippen LogP contribution in [0.15, 0.2) is 24.3 Å². The molecule has 0 radical (unpaired) electrons. The quantitative estimate of drug-likeness (QED) is 0.887. The third-order valence-electron chi connectivity index (χ3n) is 3.90. The Morgan fingerprint density at radius 2 is 2.12 bits per heavy atom. The van der Waals surface area contributed by atoms with Gasteiger partial charge in [0.05, 0.1) is 0 Å². The summed E-state index contributed by atoms with van der Waals surface area (Å²) in [4.78, 5) is 2.61. The van der Waals surface area contributed by atoms with Crippen molar-refractivity contribution in [2.45, 2.75) is 25.4 Å². The highest BCUT2D eigenvalue weighted by Crippen LogP contribution is 2.36. The maximum absolute atomic E-state index is 6.24. The van der Waals surface area contributed by atoms with E-state index in [-0.39, 0.29) is 0 Å². The van der Waals surface area contributed by atoms with E-state index in [1.54, 1.807) is 0 Å². The van der Waals surface area contributed by atoms with Crippen molar-refractivity contribution in [3.8, 4) is 0 Å². The van der Waals surface area contributed by atoms with E-state index in [4.69, 9.17) is 11.6 Å². The fourth-order valence-electron chi connectivity index (χ4n) is 2.76. The maximum atomic E-state index is 6.24. The topological polar surface area (TPSA) is 15.3 Å². The third kappa shape index (κ3) is 2.65. The molecule has 1 aliphatic carbocycles. The van der Waals surface area contributed by atoms with Crippen molar-refractivity contribution in [3.05, 3.63) is 34.9 Å². The van der Waals surface area contributed by atoms with Crippen LogP contribution in [-0.2, 0) is 6.54 Å². The predicted molar refractivity (Wildman–Crippen MR) is 71.2 cm³/mol. The minimum Gasteiger partial charge on any atom is -0.314 e. The van der Waals surface area contributed by atoms with Gasteiger partial charge >= 0.3 is 0 Å². The molecule has 1 N–H and O–H groups in total. The molecule has 0 aromatic heterocycles. The second kappa shape index (κ2) is 4.97. The van der Waals surface area contributed by atoms with E-state index in [0.29, 0.717) is 0 Å². The Bertz CT molecular complexity index is 390. The molecule has 1 saturated heterocycles. The summed E-state index contributed by atoms with van der Waals surface area (Å²) < 4.78 is 0. The number of nitrogens with one attached hydrogen (secondary N) is 1. The van der Waals surface area contributed by atoms with Crippen LogP contribution >= 0.6 is 11.6 Å². The molecule has 3 heteroatoms. The molecule has 2 nitrogen and oxygen atoms in total. The maximum Gasteiger partial charge on any atom is 0.0451 e. The van der Waals surface area contributed by atoms with Crippen molar-refractivity contribution in [2.24, 2.45) is 5.92 Å². The summed E-state index contributed by atoms with van der Waals surface area (Å²) in [5, 5.41) is 4.42. The van der Waals surface area contributed by atoms with Gasteiger partial charge < -0.3 is 5.32 Å². The van der Waals surface area contributed by atoms with E-state index < -0.39 is 0 Å². The van der Waals surface area contributed by atoms with Gasteiger partial charge in [-0.2, -0.15) is 0 Å². The van der Waals surface area contributed by atoms with Gasteiger partial charge in [-0.3, -0.25) is 4.90 Å². The molecule has 2 aliphatic rings. The SMILES string of the molecule is Clc1ccccc1CN1CCNCC1C1CC1. The monoisotopic (exact) mass is 250 g/mol. The number of hydrogen-bond donors (Lipinski definition) is 1. The Hall–Kier alpha value is -0.570. The average Bonchev–Trinajstić information content (AvgIpc) is 3.17. The van der Waals surface area contributed by atoms with Crippen molar-refractivity contribution in [1.82, 2.24) is 10.2 Å². The largest absolute Gasteiger partial charge is 0.314 e. The highest BCUT2D eigenvalue weighted by Gasteiger charge is 2.36. The van der Waals surface area contributed by atoms with Crippen LogP contribution in [0.4, 0.5) is 0 Å². The number of benzene rings is 1. The molecular formula is C14H19ClN2. The fraction of sp³-hybridized carbons (Fsp3) is 0.571. The van der Waals surface area contributed by atoms with Crippen LogP contribution in [0.25, 0.3) is 0 Å². The van der Waals surface area contributed by atoms with Gasteiger partial charge in [-0.15, -0.1) is 0 Å². The Kier molecular flexibility index (Phi) is 3.37. The number of piperazine rings is 1. The van der Waals surface area contributed by atoms with Crippen LogP contribution in [0.2, 0.25) is 5.02 Å². The Balaban J connectivity index is 1.72. The highest BCUT2D eigenvalue weighted by atomic mass is 35.5. The zero-order valence-corrected chi connectivity index (χ0v) is 10.8. The average molecular weight is 251 g/mol. The first-order valence-corrected chi connectivity index (χ1v) is 6.90. The van der Waals surface area contributed by atoms with Crippen LogP contribution in [-0.4, -0.2) is 30.6 Å². The fourth-order valence-corrected chi connectivity index (χ4v) is 2.95.